The molecule has 1 fully saturated rings. The molecule has 0 saturated carbocycles. The van der Waals surface area contributed by atoms with Crippen LogP contribution >= 0.6 is 0 Å². The van der Waals surface area contributed by atoms with Gasteiger partial charge in [0.15, 0.2) is 0 Å². The highest BCUT2D eigenvalue weighted by Crippen LogP contribution is 2.26. The minimum Gasteiger partial charge on any atom is -0.465 e. The number of ether oxygens (including phenoxy) is 1. The van der Waals surface area contributed by atoms with Crippen LogP contribution in [0.3, 0.4) is 0 Å². The summed E-state index contributed by atoms with van der Waals surface area (Å²) >= 11 is 0. The van der Waals surface area contributed by atoms with E-state index in [9.17, 15) is 24.3 Å². The van der Waals surface area contributed by atoms with Gasteiger partial charge >= 0.3 is 12.2 Å². The largest absolute Gasteiger partial charge is 0.465 e. The molecule has 2 aliphatic heterocycles. The molecule has 2 aromatic rings. The molecule has 31 heavy (non-hydrogen) atoms. The van der Waals surface area contributed by atoms with E-state index in [1.165, 1.54) is 0 Å². The number of nitrogens with zero attached hydrogens (tertiary/aromatic N) is 2. The maximum Gasteiger partial charge on any atom is 0.407 e. The lowest BCUT2D eigenvalue weighted by atomic mass is 10.1. The maximum absolute atomic E-state index is 12.6. The van der Waals surface area contributed by atoms with Crippen molar-refractivity contribution in [2.75, 3.05) is 13.1 Å². The van der Waals surface area contributed by atoms with Gasteiger partial charge in [-0.25, -0.2) is 9.59 Å². The fourth-order valence-electron chi connectivity index (χ4n) is 3.98. The summed E-state index contributed by atoms with van der Waals surface area (Å²) in [4.78, 5) is 51.3. The van der Waals surface area contributed by atoms with Gasteiger partial charge < -0.3 is 20.1 Å². The highest BCUT2D eigenvalue weighted by atomic mass is 16.5. The van der Waals surface area contributed by atoms with Crippen molar-refractivity contribution in [3.63, 3.8) is 0 Å². The first kappa shape index (κ1) is 20.4. The van der Waals surface area contributed by atoms with E-state index in [-0.39, 0.29) is 26.1 Å². The summed E-state index contributed by atoms with van der Waals surface area (Å²) in [5.74, 6) is -0.880. The molecular weight excluding hydrogens is 402 g/mol. The Labute approximate surface area is 178 Å². The first-order valence-corrected chi connectivity index (χ1v) is 9.86. The molecule has 0 radical (unpaired) electrons. The first-order chi connectivity index (χ1) is 14.9. The van der Waals surface area contributed by atoms with Gasteiger partial charge in [0.25, 0.3) is 11.8 Å². The minimum atomic E-state index is -1.18. The van der Waals surface area contributed by atoms with E-state index in [1.54, 1.807) is 24.3 Å². The monoisotopic (exact) mass is 423 g/mol. The van der Waals surface area contributed by atoms with Gasteiger partial charge in [-0.3, -0.25) is 14.5 Å². The van der Waals surface area contributed by atoms with E-state index in [2.05, 4.69) is 5.32 Å². The van der Waals surface area contributed by atoms with Crippen molar-refractivity contribution in [1.29, 1.82) is 0 Å². The molecule has 160 valence electrons. The Balaban J connectivity index is 1.37. The van der Waals surface area contributed by atoms with Gasteiger partial charge in [-0.15, -0.1) is 0 Å². The molecule has 2 heterocycles. The molecule has 0 aliphatic carbocycles. The molecule has 9 nitrogen and oxygen atoms in total. The van der Waals surface area contributed by atoms with Crippen molar-refractivity contribution < 1.29 is 29.0 Å². The van der Waals surface area contributed by atoms with E-state index in [0.717, 1.165) is 15.4 Å². The zero-order chi connectivity index (χ0) is 22.0. The number of alkyl carbamates (subject to hydrolysis) is 1. The topological polar surface area (TPSA) is 116 Å². The average molecular weight is 423 g/mol. The van der Waals surface area contributed by atoms with Crippen LogP contribution in [0.5, 0.6) is 0 Å². The van der Waals surface area contributed by atoms with Gasteiger partial charge in [-0.1, -0.05) is 42.5 Å². The number of nitrogens with one attached hydrogen (secondary N) is 1. The number of carboxylic acid groups (broad SMARTS) is 1. The molecule has 9 heteroatoms. The number of benzene rings is 2. The molecule has 0 aromatic heterocycles. The van der Waals surface area contributed by atoms with Gasteiger partial charge in [0, 0.05) is 13.1 Å². The fourth-order valence-corrected chi connectivity index (χ4v) is 3.98. The minimum absolute atomic E-state index is 0.0452. The SMILES string of the molecule is O=C(N[C@@H]1C[C@@H](CN2C(=O)c3ccccc3C2=O)N(C(=O)O)C1)OCc1ccccc1. The Bertz CT molecular complexity index is 990. The van der Waals surface area contributed by atoms with Crippen LogP contribution in [0, 0.1) is 0 Å². The summed E-state index contributed by atoms with van der Waals surface area (Å²) in [7, 11) is 0. The van der Waals surface area contributed by atoms with Gasteiger partial charge in [0.1, 0.15) is 6.61 Å². The van der Waals surface area contributed by atoms with Crippen LogP contribution in [-0.2, 0) is 11.3 Å². The van der Waals surface area contributed by atoms with Crippen LogP contribution in [0.1, 0.15) is 32.7 Å². The third kappa shape index (κ3) is 4.20. The number of rotatable bonds is 5. The lowest BCUT2D eigenvalue weighted by Crippen LogP contribution is -2.44. The summed E-state index contributed by atoms with van der Waals surface area (Å²) in [5.41, 5.74) is 1.46. The molecular formula is C22H21N3O6. The Morgan fingerprint density at radius 1 is 1.00 bits per heavy atom. The van der Waals surface area contributed by atoms with E-state index in [4.69, 9.17) is 4.74 Å². The molecule has 0 spiro atoms. The molecule has 4 rings (SSSR count). The molecule has 2 aliphatic rings. The Morgan fingerprint density at radius 3 is 2.23 bits per heavy atom. The summed E-state index contributed by atoms with van der Waals surface area (Å²) in [6.45, 7) is 0.0694. The number of carbonyl (C=O) groups is 4. The number of amides is 4. The Kier molecular flexibility index (Phi) is 5.57. The second kappa shape index (κ2) is 8.47. The second-order valence-electron chi connectivity index (χ2n) is 7.49. The first-order valence-electron chi connectivity index (χ1n) is 9.86. The van der Waals surface area contributed by atoms with Crippen molar-refractivity contribution in [3.05, 3.63) is 71.3 Å². The lowest BCUT2D eigenvalue weighted by molar-refractivity contribution is 0.0603. The summed E-state index contributed by atoms with van der Waals surface area (Å²) in [6.07, 6.45) is -1.57. The summed E-state index contributed by atoms with van der Waals surface area (Å²) in [5, 5.41) is 12.2. The molecule has 2 atom stereocenters. The highest BCUT2D eigenvalue weighted by Gasteiger charge is 2.42. The van der Waals surface area contributed by atoms with Gasteiger partial charge in [0.2, 0.25) is 0 Å². The molecule has 1 saturated heterocycles. The Hall–Kier alpha value is -3.88. The summed E-state index contributed by atoms with van der Waals surface area (Å²) in [6, 6.07) is 14.6. The Morgan fingerprint density at radius 2 is 1.61 bits per heavy atom. The second-order valence-corrected chi connectivity index (χ2v) is 7.49. The van der Waals surface area contributed by atoms with Crippen molar-refractivity contribution in [1.82, 2.24) is 15.1 Å². The molecule has 4 amide bonds. The smallest absolute Gasteiger partial charge is 0.407 e. The summed E-state index contributed by atoms with van der Waals surface area (Å²) < 4.78 is 5.20. The quantitative estimate of drug-likeness (QED) is 0.713. The van der Waals surface area contributed by atoms with Crippen LogP contribution in [0.4, 0.5) is 9.59 Å². The van der Waals surface area contributed by atoms with E-state index in [1.807, 2.05) is 30.3 Å². The van der Waals surface area contributed by atoms with Crippen molar-refractivity contribution >= 4 is 24.0 Å². The molecule has 0 bridgehead atoms. The van der Waals surface area contributed by atoms with E-state index in [0.29, 0.717) is 11.1 Å². The van der Waals surface area contributed by atoms with Gasteiger partial charge in [-0.05, 0) is 24.1 Å². The predicted molar refractivity (Wildman–Crippen MR) is 108 cm³/mol. The lowest BCUT2D eigenvalue weighted by Gasteiger charge is -2.25. The number of hydrogen-bond donors (Lipinski definition) is 2. The van der Waals surface area contributed by atoms with Crippen molar-refractivity contribution in [3.8, 4) is 0 Å². The number of likely N-dealkylation sites (tertiary alicyclic amines) is 1. The third-order valence-corrected chi connectivity index (χ3v) is 5.47. The number of fused-ring (bicyclic) bond motifs is 1. The highest BCUT2D eigenvalue weighted by molar-refractivity contribution is 6.21. The molecule has 2 aromatic carbocycles. The normalized spacial score (nSPS) is 20.0. The molecule has 2 N–H and O–H groups in total. The third-order valence-electron chi connectivity index (χ3n) is 5.47. The van der Waals surface area contributed by atoms with Crippen LogP contribution in [-0.4, -0.2) is 64.1 Å². The maximum atomic E-state index is 12.6. The number of hydrogen-bond acceptors (Lipinski definition) is 5. The van der Waals surface area contributed by atoms with E-state index >= 15 is 0 Å². The van der Waals surface area contributed by atoms with Crippen LogP contribution < -0.4 is 5.32 Å². The van der Waals surface area contributed by atoms with Crippen molar-refractivity contribution in [2.24, 2.45) is 0 Å². The molecule has 0 unspecified atom stereocenters. The van der Waals surface area contributed by atoms with Crippen LogP contribution in [0.25, 0.3) is 0 Å². The van der Waals surface area contributed by atoms with E-state index < -0.39 is 36.1 Å². The fraction of sp³-hybridized carbons (Fsp3) is 0.273. The van der Waals surface area contributed by atoms with Crippen molar-refractivity contribution in [2.45, 2.75) is 25.1 Å². The number of carbonyl (C=O) groups excluding carboxylic acids is 3. The standard InChI is InChI=1S/C22H21N3O6/c26-19-17-8-4-5-9-18(17)20(27)25(19)12-16-10-15(11-24(16)22(29)30)23-21(28)31-13-14-6-2-1-3-7-14/h1-9,15-16H,10-13H2,(H,23,28)(H,29,30)/t15-,16+/m1/s1. The zero-order valence-corrected chi connectivity index (χ0v) is 16.6. The predicted octanol–water partition coefficient (Wildman–Crippen LogP) is 2.33. The van der Waals surface area contributed by atoms with Gasteiger partial charge in [0.05, 0.1) is 23.2 Å². The number of imide groups is 1. The van der Waals surface area contributed by atoms with Crippen LogP contribution in [0.2, 0.25) is 0 Å². The van der Waals surface area contributed by atoms with Gasteiger partial charge in [-0.2, -0.15) is 0 Å². The van der Waals surface area contributed by atoms with Crippen LogP contribution in [0.15, 0.2) is 54.6 Å². The average Bonchev–Trinajstić information content (AvgIpc) is 3.28. The zero-order valence-electron chi connectivity index (χ0n) is 16.6.